The van der Waals surface area contributed by atoms with Gasteiger partial charge in [-0.15, -0.1) is 0 Å². The first-order chi connectivity index (χ1) is 16.3. The van der Waals surface area contributed by atoms with E-state index in [1.807, 2.05) is 36.4 Å². The van der Waals surface area contributed by atoms with Gasteiger partial charge in [-0.25, -0.2) is 13.4 Å². The largest absolute Gasteiger partial charge is 0.350 e. The number of likely N-dealkylation sites (tertiary alicyclic amines) is 1. The number of benzene rings is 2. The molecule has 34 heavy (non-hydrogen) atoms. The molecule has 0 unspecified atom stereocenters. The third-order valence-corrected chi connectivity index (χ3v) is 8.14. The van der Waals surface area contributed by atoms with Gasteiger partial charge >= 0.3 is 0 Å². The van der Waals surface area contributed by atoms with Crippen LogP contribution in [0.2, 0.25) is 0 Å². The Balaban J connectivity index is 1.46. The molecule has 5 rings (SSSR count). The monoisotopic (exact) mass is 477 g/mol. The van der Waals surface area contributed by atoms with E-state index in [9.17, 15) is 13.2 Å². The number of carbonyl (C=O) groups is 1. The van der Waals surface area contributed by atoms with E-state index in [0.717, 1.165) is 29.4 Å². The molecular weight excluding hydrogens is 450 g/mol. The number of carbonyl (C=O) groups excluding carboxylic acids is 1. The standard InChI is InChI=1S/C25H27N5O3S/c1-16-22(25(31)30-14-6-7-15-30)23(17(2)29(16)3)34(32,33)28-19-12-10-18(11-13-19)24-26-20-8-4-5-9-21(20)27-24/h4-5,8-13,28H,6-7,14-15H2,1-3H3,(H,26,27). The number of para-hydroxylation sites is 2. The Morgan fingerprint density at radius 2 is 1.68 bits per heavy atom. The smallest absolute Gasteiger partial charge is 0.264 e. The highest BCUT2D eigenvalue weighted by Gasteiger charge is 2.33. The number of nitrogens with zero attached hydrogens (tertiary/aromatic N) is 3. The average molecular weight is 478 g/mol. The van der Waals surface area contributed by atoms with Crippen molar-refractivity contribution in [2.24, 2.45) is 7.05 Å². The summed E-state index contributed by atoms with van der Waals surface area (Å²) in [5.41, 5.74) is 4.51. The molecule has 0 radical (unpaired) electrons. The van der Waals surface area contributed by atoms with Crippen molar-refractivity contribution in [3.63, 3.8) is 0 Å². The third-order valence-electron chi connectivity index (χ3n) is 6.60. The number of aromatic amines is 1. The number of sulfonamides is 1. The second-order valence-corrected chi connectivity index (χ2v) is 10.3. The van der Waals surface area contributed by atoms with Gasteiger partial charge in [-0.05, 0) is 63.1 Å². The molecule has 1 amide bonds. The molecule has 1 saturated heterocycles. The highest BCUT2D eigenvalue weighted by molar-refractivity contribution is 7.92. The van der Waals surface area contributed by atoms with E-state index in [1.165, 1.54) is 0 Å². The van der Waals surface area contributed by atoms with E-state index in [1.54, 1.807) is 42.5 Å². The molecule has 2 N–H and O–H groups in total. The number of anilines is 1. The van der Waals surface area contributed by atoms with Crippen LogP contribution in [0.3, 0.4) is 0 Å². The molecule has 0 bridgehead atoms. The highest BCUT2D eigenvalue weighted by Crippen LogP contribution is 2.31. The molecule has 1 aliphatic rings. The average Bonchev–Trinajstić information content (AvgIpc) is 3.55. The minimum atomic E-state index is -3.99. The zero-order valence-electron chi connectivity index (χ0n) is 19.4. The summed E-state index contributed by atoms with van der Waals surface area (Å²) >= 11 is 0. The third kappa shape index (κ3) is 3.75. The normalized spacial score (nSPS) is 14.1. The van der Waals surface area contributed by atoms with Gasteiger partial charge in [0, 0.05) is 42.8 Å². The van der Waals surface area contributed by atoms with E-state index in [0.29, 0.717) is 36.0 Å². The summed E-state index contributed by atoms with van der Waals surface area (Å²) in [6.45, 7) is 4.83. The molecule has 176 valence electrons. The number of imidazole rings is 1. The molecule has 0 saturated carbocycles. The quantitative estimate of drug-likeness (QED) is 0.449. The minimum absolute atomic E-state index is 0.0470. The van der Waals surface area contributed by atoms with E-state index in [2.05, 4.69) is 14.7 Å². The molecular formula is C25H27N5O3S. The first-order valence-corrected chi connectivity index (χ1v) is 12.8. The van der Waals surface area contributed by atoms with Crippen molar-refractivity contribution in [1.82, 2.24) is 19.4 Å². The highest BCUT2D eigenvalue weighted by atomic mass is 32.2. The summed E-state index contributed by atoms with van der Waals surface area (Å²) in [5, 5.41) is 0. The molecule has 8 nitrogen and oxygen atoms in total. The Labute approximate surface area is 198 Å². The van der Waals surface area contributed by atoms with Crippen molar-refractivity contribution in [2.45, 2.75) is 31.6 Å². The summed E-state index contributed by atoms with van der Waals surface area (Å²) in [6.07, 6.45) is 1.88. The number of hydrogen-bond acceptors (Lipinski definition) is 4. The zero-order valence-corrected chi connectivity index (χ0v) is 20.2. The summed E-state index contributed by atoms with van der Waals surface area (Å²) < 4.78 is 31.4. The van der Waals surface area contributed by atoms with Crippen LogP contribution in [0.5, 0.6) is 0 Å². The Bertz CT molecular complexity index is 1460. The van der Waals surface area contributed by atoms with Crippen LogP contribution in [-0.4, -0.2) is 46.8 Å². The van der Waals surface area contributed by atoms with Crippen molar-refractivity contribution in [1.29, 1.82) is 0 Å². The maximum absolute atomic E-state index is 13.5. The molecule has 1 aliphatic heterocycles. The van der Waals surface area contributed by atoms with E-state index < -0.39 is 10.0 Å². The Morgan fingerprint density at radius 1 is 1.00 bits per heavy atom. The zero-order chi connectivity index (χ0) is 24.0. The van der Waals surface area contributed by atoms with Crippen molar-refractivity contribution in [2.75, 3.05) is 17.8 Å². The van der Waals surface area contributed by atoms with Crippen molar-refractivity contribution in [3.05, 3.63) is 65.5 Å². The van der Waals surface area contributed by atoms with E-state index in [4.69, 9.17) is 0 Å². The predicted molar refractivity (Wildman–Crippen MR) is 132 cm³/mol. The summed E-state index contributed by atoms with van der Waals surface area (Å²) in [7, 11) is -2.21. The molecule has 0 atom stereocenters. The number of fused-ring (bicyclic) bond motifs is 1. The molecule has 1 fully saturated rings. The molecule has 2 aromatic heterocycles. The van der Waals surface area contributed by atoms with Crippen molar-refractivity contribution in [3.8, 4) is 11.4 Å². The maximum atomic E-state index is 13.5. The number of rotatable bonds is 5. The summed E-state index contributed by atoms with van der Waals surface area (Å²) in [4.78, 5) is 22.9. The second kappa shape index (κ2) is 8.32. The van der Waals surface area contributed by atoms with Crippen LogP contribution in [0.1, 0.15) is 34.6 Å². The Hall–Kier alpha value is -3.59. The molecule has 2 aromatic carbocycles. The van der Waals surface area contributed by atoms with Gasteiger partial charge in [-0.2, -0.15) is 0 Å². The molecule has 3 heterocycles. The number of amides is 1. The number of hydrogen-bond donors (Lipinski definition) is 2. The maximum Gasteiger partial charge on any atom is 0.264 e. The second-order valence-electron chi connectivity index (χ2n) is 8.72. The molecule has 0 spiro atoms. The number of nitrogens with one attached hydrogen (secondary N) is 2. The lowest BCUT2D eigenvalue weighted by atomic mass is 10.2. The SMILES string of the molecule is Cc1c(C(=O)N2CCCC2)c(S(=O)(=O)Nc2ccc(-c3nc4ccccc4[nH]3)cc2)c(C)n1C. The van der Waals surface area contributed by atoms with Gasteiger partial charge in [0.15, 0.2) is 0 Å². The van der Waals surface area contributed by atoms with Gasteiger partial charge in [0.25, 0.3) is 15.9 Å². The van der Waals surface area contributed by atoms with Crippen molar-refractivity contribution >= 4 is 32.7 Å². The van der Waals surface area contributed by atoms with Crippen molar-refractivity contribution < 1.29 is 13.2 Å². The molecule has 9 heteroatoms. The van der Waals surface area contributed by atoms with Crippen LogP contribution in [0.4, 0.5) is 5.69 Å². The van der Waals surface area contributed by atoms with Gasteiger partial charge in [0.05, 0.1) is 16.6 Å². The fourth-order valence-corrected chi connectivity index (χ4v) is 6.15. The van der Waals surface area contributed by atoms with E-state index in [-0.39, 0.29) is 16.4 Å². The van der Waals surface area contributed by atoms with Gasteiger partial charge in [-0.3, -0.25) is 9.52 Å². The van der Waals surface area contributed by atoms with Crippen LogP contribution >= 0.6 is 0 Å². The van der Waals surface area contributed by atoms with Crippen LogP contribution in [0.25, 0.3) is 22.4 Å². The van der Waals surface area contributed by atoms with Crippen LogP contribution in [0, 0.1) is 13.8 Å². The molecule has 0 aliphatic carbocycles. The summed E-state index contributed by atoms with van der Waals surface area (Å²) in [5.74, 6) is 0.489. The van der Waals surface area contributed by atoms with Gasteiger partial charge in [-0.1, -0.05) is 12.1 Å². The van der Waals surface area contributed by atoms with Gasteiger partial charge < -0.3 is 14.5 Å². The summed E-state index contributed by atoms with van der Waals surface area (Å²) in [6, 6.07) is 14.8. The van der Waals surface area contributed by atoms with E-state index >= 15 is 0 Å². The van der Waals surface area contributed by atoms with Crippen LogP contribution in [-0.2, 0) is 17.1 Å². The predicted octanol–water partition coefficient (Wildman–Crippen LogP) is 4.22. The topological polar surface area (TPSA) is 100 Å². The first kappa shape index (κ1) is 22.2. The fraction of sp³-hybridized carbons (Fsp3) is 0.280. The Kier molecular flexibility index (Phi) is 5.44. The first-order valence-electron chi connectivity index (χ1n) is 11.3. The number of aromatic nitrogens is 3. The molecule has 4 aromatic rings. The number of H-pyrrole nitrogens is 1. The van der Waals surface area contributed by atoms with Crippen LogP contribution < -0.4 is 4.72 Å². The lowest BCUT2D eigenvalue weighted by molar-refractivity contribution is 0.0788. The fourth-order valence-electron chi connectivity index (χ4n) is 4.57. The minimum Gasteiger partial charge on any atom is -0.350 e. The lowest BCUT2D eigenvalue weighted by Crippen LogP contribution is -2.30. The van der Waals surface area contributed by atoms with Gasteiger partial charge in [0.2, 0.25) is 0 Å². The Morgan fingerprint density at radius 3 is 2.35 bits per heavy atom. The van der Waals surface area contributed by atoms with Gasteiger partial charge in [0.1, 0.15) is 10.7 Å². The van der Waals surface area contributed by atoms with Crippen LogP contribution in [0.15, 0.2) is 53.4 Å². The lowest BCUT2D eigenvalue weighted by Gasteiger charge is -2.17.